The van der Waals surface area contributed by atoms with Crippen LogP contribution in [0.3, 0.4) is 0 Å². The molecule has 6 nitrogen and oxygen atoms in total. The van der Waals surface area contributed by atoms with Gasteiger partial charge < -0.3 is 10.2 Å². The number of pyridine rings is 2. The third kappa shape index (κ3) is 2.83. The van der Waals surface area contributed by atoms with Gasteiger partial charge >= 0.3 is 0 Å². The van der Waals surface area contributed by atoms with Crippen molar-refractivity contribution < 1.29 is 10.2 Å². The zero-order valence-corrected chi connectivity index (χ0v) is 11.9. The van der Waals surface area contributed by atoms with Crippen molar-refractivity contribution in [3.05, 3.63) is 59.9 Å². The highest BCUT2D eigenvalue weighted by Gasteiger charge is 2.11. The average molecular weight is 294 g/mol. The van der Waals surface area contributed by atoms with Crippen LogP contribution in [0.2, 0.25) is 0 Å². The van der Waals surface area contributed by atoms with Crippen molar-refractivity contribution in [2.45, 2.75) is 13.2 Å². The molecule has 0 aliphatic rings. The predicted molar refractivity (Wildman–Crippen MR) is 82.1 cm³/mol. The number of rotatable bonds is 3. The quantitative estimate of drug-likeness (QED) is 0.572. The van der Waals surface area contributed by atoms with Crippen LogP contribution in [0.5, 0.6) is 0 Å². The summed E-state index contributed by atoms with van der Waals surface area (Å²) in [5.41, 5.74) is 2.18. The van der Waals surface area contributed by atoms with Gasteiger partial charge in [0.25, 0.3) is 0 Å². The Morgan fingerprint density at radius 2 is 1.91 bits per heavy atom. The molecule has 0 saturated heterocycles. The van der Waals surface area contributed by atoms with Crippen LogP contribution in [-0.4, -0.2) is 20.2 Å². The van der Waals surface area contributed by atoms with Crippen LogP contribution >= 0.6 is 0 Å². The first kappa shape index (κ1) is 14.2. The highest BCUT2D eigenvalue weighted by molar-refractivity contribution is 5.89. The Labute approximate surface area is 126 Å². The lowest BCUT2D eigenvalue weighted by atomic mass is 10.1. The lowest BCUT2D eigenvalue weighted by Crippen LogP contribution is -2.00. The Hall–Kier alpha value is -2.70. The highest BCUT2D eigenvalue weighted by Crippen LogP contribution is 2.28. The average Bonchev–Trinajstić information content (AvgIpc) is 2.53. The van der Waals surface area contributed by atoms with Crippen molar-refractivity contribution in [2.24, 2.45) is 10.2 Å². The van der Waals surface area contributed by atoms with Gasteiger partial charge in [-0.15, -0.1) is 10.2 Å². The summed E-state index contributed by atoms with van der Waals surface area (Å²) in [4.78, 5) is 8.50. The van der Waals surface area contributed by atoms with Gasteiger partial charge in [0.05, 0.1) is 5.52 Å². The van der Waals surface area contributed by atoms with Gasteiger partial charge in [-0.2, -0.15) is 0 Å². The molecule has 2 heterocycles. The van der Waals surface area contributed by atoms with Gasteiger partial charge in [0, 0.05) is 22.8 Å². The summed E-state index contributed by atoms with van der Waals surface area (Å²) in [6.07, 6.45) is 0.102. The first-order valence-electron chi connectivity index (χ1n) is 6.74. The fraction of sp³-hybridized carbons (Fsp3) is 0.125. The maximum atomic E-state index is 9.35. The summed E-state index contributed by atoms with van der Waals surface area (Å²) in [5.74, 6) is 0.513. The molecule has 0 radical (unpaired) electrons. The van der Waals surface area contributed by atoms with Crippen LogP contribution in [-0.2, 0) is 0 Å². The molecule has 0 aliphatic heterocycles. The summed E-state index contributed by atoms with van der Waals surface area (Å²) in [7, 11) is 0. The van der Waals surface area contributed by atoms with E-state index in [0.717, 1.165) is 5.39 Å². The molecule has 0 spiro atoms. The third-order valence-corrected chi connectivity index (χ3v) is 3.24. The van der Waals surface area contributed by atoms with Crippen molar-refractivity contribution in [1.29, 1.82) is 0 Å². The van der Waals surface area contributed by atoms with Gasteiger partial charge in [-0.3, -0.25) is 4.98 Å². The summed E-state index contributed by atoms with van der Waals surface area (Å²) in [5, 5.41) is 27.8. The number of azo groups is 1. The van der Waals surface area contributed by atoms with Crippen molar-refractivity contribution in [2.75, 3.05) is 0 Å². The molecule has 0 bridgehead atoms. The Bertz CT molecular complexity index is 832. The third-order valence-electron chi connectivity index (χ3n) is 3.24. The van der Waals surface area contributed by atoms with Gasteiger partial charge in [0.1, 0.15) is 5.69 Å². The summed E-state index contributed by atoms with van der Waals surface area (Å²) in [6, 6.07) is 12.6. The topological polar surface area (TPSA) is 91.0 Å². The summed E-state index contributed by atoms with van der Waals surface area (Å²) < 4.78 is 0. The van der Waals surface area contributed by atoms with E-state index < -0.39 is 6.29 Å². The molecule has 1 aromatic carbocycles. The molecule has 0 atom stereocenters. The Morgan fingerprint density at radius 3 is 2.64 bits per heavy atom. The van der Waals surface area contributed by atoms with E-state index in [1.807, 2.05) is 24.3 Å². The lowest BCUT2D eigenvalue weighted by Gasteiger charge is -2.09. The fourth-order valence-electron chi connectivity index (χ4n) is 2.15. The molecule has 0 amide bonds. The molecule has 0 fully saturated rings. The molecule has 6 heteroatoms. The Balaban J connectivity index is 2.07. The zero-order valence-electron chi connectivity index (χ0n) is 11.9. The van der Waals surface area contributed by atoms with E-state index in [1.54, 1.807) is 31.3 Å². The number of nitrogens with zero attached hydrogens (tertiary/aromatic N) is 4. The monoisotopic (exact) mass is 294 g/mol. The maximum Gasteiger partial charge on any atom is 0.180 e. The SMILES string of the molecule is Cc1nc2c(N=Nc3ccccn3)cccc2cc1C(O)O. The van der Waals surface area contributed by atoms with Crippen LogP contribution in [0.15, 0.2) is 58.9 Å². The van der Waals surface area contributed by atoms with Crippen molar-refractivity contribution >= 4 is 22.4 Å². The first-order chi connectivity index (χ1) is 10.6. The number of aromatic nitrogens is 2. The number of aryl methyl sites for hydroxylation is 1. The highest BCUT2D eigenvalue weighted by atomic mass is 16.5. The molecule has 110 valence electrons. The summed E-state index contributed by atoms with van der Waals surface area (Å²) >= 11 is 0. The van der Waals surface area contributed by atoms with E-state index in [1.165, 1.54) is 0 Å². The van der Waals surface area contributed by atoms with Gasteiger partial charge in [-0.05, 0) is 31.2 Å². The van der Waals surface area contributed by atoms with Gasteiger partial charge in [0.2, 0.25) is 0 Å². The molecule has 3 aromatic rings. The number of fused-ring (bicyclic) bond motifs is 1. The molecule has 0 aliphatic carbocycles. The number of hydrogen-bond donors (Lipinski definition) is 2. The van der Waals surface area contributed by atoms with Crippen LogP contribution in [0.4, 0.5) is 11.5 Å². The van der Waals surface area contributed by atoms with Gasteiger partial charge in [0.15, 0.2) is 12.1 Å². The zero-order chi connectivity index (χ0) is 15.5. The number of benzene rings is 1. The largest absolute Gasteiger partial charge is 0.364 e. The molecule has 2 N–H and O–H groups in total. The van der Waals surface area contributed by atoms with E-state index >= 15 is 0 Å². The normalized spacial score (nSPS) is 11.6. The molecule has 0 saturated carbocycles. The summed E-state index contributed by atoms with van der Waals surface area (Å²) in [6.45, 7) is 1.72. The molecule has 3 rings (SSSR count). The lowest BCUT2D eigenvalue weighted by molar-refractivity contribution is -0.0430. The van der Waals surface area contributed by atoms with Crippen LogP contribution in [0.1, 0.15) is 17.5 Å². The predicted octanol–water partition coefficient (Wildman–Crippen LogP) is 3.34. The van der Waals surface area contributed by atoms with E-state index in [2.05, 4.69) is 20.2 Å². The Kier molecular flexibility index (Phi) is 3.86. The second kappa shape index (κ2) is 5.97. The second-order valence-electron chi connectivity index (χ2n) is 4.77. The van der Waals surface area contributed by atoms with Crippen LogP contribution in [0, 0.1) is 6.92 Å². The van der Waals surface area contributed by atoms with Crippen molar-refractivity contribution in [3.8, 4) is 0 Å². The Morgan fingerprint density at radius 1 is 1.05 bits per heavy atom. The van der Waals surface area contributed by atoms with E-state index in [4.69, 9.17) is 0 Å². The minimum atomic E-state index is -1.55. The van der Waals surface area contributed by atoms with Gasteiger partial charge in [-0.25, -0.2) is 4.98 Å². The number of para-hydroxylation sites is 1. The van der Waals surface area contributed by atoms with E-state index in [9.17, 15) is 10.2 Å². The smallest absolute Gasteiger partial charge is 0.180 e. The van der Waals surface area contributed by atoms with Crippen LogP contribution < -0.4 is 0 Å². The molecule has 2 aromatic heterocycles. The van der Waals surface area contributed by atoms with E-state index in [-0.39, 0.29) is 0 Å². The molecular weight excluding hydrogens is 280 g/mol. The molecular formula is C16H14N4O2. The fourth-order valence-corrected chi connectivity index (χ4v) is 2.15. The first-order valence-corrected chi connectivity index (χ1v) is 6.74. The molecule has 0 unspecified atom stereocenters. The molecule has 22 heavy (non-hydrogen) atoms. The maximum absolute atomic E-state index is 9.35. The van der Waals surface area contributed by atoms with Crippen LogP contribution in [0.25, 0.3) is 10.9 Å². The van der Waals surface area contributed by atoms with Gasteiger partial charge in [-0.1, -0.05) is 18.2 Å². The van der Waals surface area contributed by atoms with Crippen molar-refractivity contribution in [1.82, 2.24) is 9.97 Å². The van der Waals surface area contributed by atoms with Crippen molar-refractivity contribution in [3.63, 3.8) is 0 Å². The second-order valence-corrected chi connectivity index (χ2v) is 4.77. The minimum absolute atomic E-state index is 0.381. The standard InChI is InChI=1S/C16H14N4O2/c1-10-12(16(21)22)9-11-5-4-6-13(15(11)18-10)19-20-14-7-2-3-8-17-14/h2-9,16,21-22H,1H3. The number of aliphatic hydroxyl groups is 2. The number of hydrogen-bond acceptors (Lipinski definition) is 6. The van der Waals surface area contributed by atoms with E-state index in [0.29, 0.717) is 28.3 Å². The minimum Gasteiger partial charge on any atom is -0.364 e. The number of aliphatic hydroxyl groups excluding tert-OH is 1.